The Morgan fingerprint density at radius 3 is 2.89 bits per heavy atom. The van der Waals surface area contributed by atoms with Crippen LogP contribution in [0.25, 0.3) is 0 Å². The lowest BCUT2D eigenvalue weighted by Crippen LogP contribution is -2.02. The number of benzene rings is 1. The highest BCUT2D eigenvalue weighted by Crippen LogP contribution is 2.15. The summed E-state index contributed by atoms with van der Waals surface area (Å²) in [7, 11) is 0. The number of nitrogens with zero attached hydrogens (tertiary/aromatic N) is 2. The van der Waals surface area contributed by atoms with E-state index in [9.17, 15) is 0 Å². The lowest BCUT2D eigenvalue weighted by Gasteiger charge is -2.05. The molecule has 0 atom stereocenters. The van der Waals surface area contributed by atoms with Gasteiger partial charge in [0.2, 0.25) is 0 Å². The predicted molar refractivity (Wildman–Crippen MR) is 71.3 cm³/mol. The van der Waals surface area contributed by atoms with Gasteiger partial charge in [0, 0.05) is 31.3 Å². The second kappa shape index (κ2) is 4.50. The molecule has 0 fully saturated rings. The minimum atomic E-state index is 0.814. The Balaban J connectivity index is 1.85. The lowest BCUT2D eigenvalue weighted by molar-refractivity contribution is 0.756. The van der Waals surface area contributed by atoms with Gasteiger partial charge in [-0.25, -0.2) is 9.97 Å². The SMILES string of the molecule is Cc1ccc(Cc2ncc3c(n2)CNC3)cc1C. The Kier molecular flexibility index (Phi) is 2.84. The summed E-state index contributed by atoms with van der Waals surface area (Å²) in [6, 6.07) is 6.56. The van der Waals surface area contributed by atoms with Crippen LogP contribution in [-0.2, 0) is 19.5 Å². The third kappa shape index (κ3) is 2.14. The van der Waals surface area contributed by atoms with Crippen molar-refractivity contribution in [2.45, 2.75) is 33.4 Å². The lowest BCUT2D eigenvalue weighted by atomic mass is 10.0. The summed E-state index contributed by atoms with van der Waals surface area (Å²) >= 11 is 0. The molecule has 0 saturated carbocycles. The smallest absolute Gasteiger partial charge is 0.132 e. The summed E-state index contributed by atoms with van der Waals surface area (Å²) in [4.78, 5) is 9.07. The average Bonchev–Trinajstić information content (AvgIpc) is 2.81. The summed E-state index contributed by atoms with van der Waals surface area (Å²) in [6.45, 7) is 6.06. The zero-order valence-electron chi connectivity index (χ0n) is 10.8. The molecule has 3 heteroatoms. The van der Waals surface area contributed by atoms with Gasteiger partial charge >= 0.3 is 0 Å². The van der Waals surface area contributed by atoms with Gasteiger partial charge in [0.1, 0.15) is 5.82 Å². The molecule has 0 bridgehead atoms. The van der Waals surface area contributed by atoms with E-state index < -0.39 is 0 Å². The molecular formula is C15H17N3. The zero-order valence-corrected chi connectivity index (χ0v) is 10.8. The Morgan fingerprint density at radius 2 is 2.06 bits per heavy atom. The van der Waals surface area contributed by atoms with Gasteiger partial charge in [-0.15, -0.1) is 0 Å². The molecule has 1 aliphatic rings. The molecule has 0 radical (unpaired) electrons. The van der Waals surface area contributed by atoms with Crippen LogP contribution in [0.3, 0.4) is 0 Å². The first-order chi connectivity index (χ1) is 8.72. The third-order valence-corrected chi connectivity index (χ3v) is 3.55. The van der Waals surface area contributed by atoms with Crippen molar-refractivity contribution in [2.24, 2.45) is 0 Å². The zero-order chi connectivity index (χ0) is 12.5. The molecule has 2 aromatic rings. The van der Waals surface area contributed by atoms with Gasteiger partial charge in [-0.1, -0.05) is 18.2 Å². The molecule has 0 amide bonds. The number of nitrogens with one attached hydrogen (secondary N) is 1. The molecule has 0 aliphatic carbocycles. The normalized spacial score (nSPS) is 13.7. The van der Waals surface area contributed by atoms with Crippen LogP contribution in [0.5, 0.6) is 0 Å². The number of aryl methyl sites for hydroxylation is 2. The highest BCUT2D eigenvalue weighted by molar-refractivity contribution is 5.32. The van der Waals surface area contributed by atoms with E-state index >= 15 is 0 Å². The fourth-order valence-electron chi connectivity index (χ4n) is 2.28. The van der Waals surface area contributed by atoms with E-state index in [1.54, 1.807) is 0 Å². The summed E-state index contributed by atoms with van der Waals surface area (Å²) in [6.07, 6.45) is 2.77. The van der Waals surface area contributed by atoms with Gasteiger partial charge in [0.05, 0.1) is 5.69 Å². The van der Waals surface area contributed by atoms with E-state index in [-0.39, 0.29) is 0 Å². The van der Waals surface area contributed by atoms with Gasteiger partial charge < -0.3 is 5.32 Å². The van der Waals surface area contributed by atoms with Crippen LogP contribution in [0.1, 0.15) is 33.8 Å². The van der Waals surface area contributed by atoms with Crippen molar-refractivity contribution >= 4 is 0 Å². The summed E-state index contributed by atoms with van der Waals surface area (Å²) in [5, 5.41) is 3.29. The summed E-state index contributed by atoms with van der Waals surface area (Å²) < 4.78 is 0. The van der Waals surface area contributed by atoms with Crippen LogP contribution in [0.2, 0.25) is 0 Å². The number of hydrogen-bond acceptors (Lipinski definition) is 3. The first-order valence-corrected chi connectivity index (χ1v) is 6.33. The maximum absolute atomic E-state index is 4.63. The minimum absolute atomic E-state index is 0.814. The molecule has 1 aliphatic heterocycles. The number of rotatable bonds is 2. The fraction of sp³-hybridized carbons (Fsp3) is 0.333. The van der Waals surface area contributed by atoms with Crippen LogP contribution < -0.4 is 5.32 Å². The average molecular weight is 239 g/mol. The van der Waals surface area contributed by atoms with E-state index in [0.29, 0.717) is 0 Å². The monoisotopic (exact) mass is 239 g/mol. The molecule has 0 unspecified atom stereocenters. The molecule has 92 valence electrons. The first-order valence-electron chi connectivity index (χ1n) is 6.33. The van der Waals surface area contributed by atoms with E-state index in [1.807, 2.05) is 6.20 Å². The molecule has 1 aromatic heterocycles. The highest BCUT2D eigenvalue weighted by Gasteiger charge is 2.12. The number of fused-ring (bicyclic) bond motifs is 1. The van der Waals surface area contributed by atoms with Crippen LogP contribution in [0, 0.1) is 13.8 Å². The van der Waals surface area contributed by atoms with Crippen molar-refractivity contribution in [3.05, 3.63) is 58.2 Å². The molecule has 18 heavy (non-hydrogen) atoms. The van der Waals surface area contributed by atoms with Crippen molar-refractivity contribution in [1.29, 1.82) is 0 Å². The molecule has 1 N–H and O–H groups in total. The first kappa shape index (κ1) is 11.4. The van der Waals surface area contributed by atoms with Gasteiger partial charge in [-0.2, -0.15) is 0 Å². The van der Waals surface area contributed by atoms with Crippen molar-refractivity contribution in [3.8, 4) is 0 Å². The highest BCUT2D eigenvalue weighted by atomic mass is 15.0. The Labute approximate surface area is 107 Å². The van der Waals surface area contributed by atoms with Crippen molar-refractivity contribution in [1.82, 2.24) is 15.3 Å². The largest absolute Gasteiger partial charge is 0.307 e. The topological polar surface area (TPSA) is 37.8 Å². The van der Waals surface area contributed by atoms with E-state index in [0.717, 1.165) is 31.0 Å². The van der Waals surface area contributed by atoms with Crippen LogP contribution >= 0.6 is 0 Å². The quantitative estimate of drug-likeness (QED) is 0.873. The predicted octanol–water partition coefficient (Wildman–Crippen LogP) is 2.29. The number of aromatic nitrogens is 2. The molecular weight excluding hydrogens is 222 g/mol. The molecule has 0 saturated heterocycles. The maximum Gasteiger partial charge on any atom is 0.132 e. The van der Waals surface area contributed by atoms with Gasteiger partial charge in [0.15, 0.2) is 0 Å². The summed E-state index contributed by atoms with van der Waals surface area (Å²) in [5.74, 6) is 0.917. The van der Waals surface area contributed by atoms with Crippen molar-refractivity contribution < 1.29 is 0 Å². The second-order valence-electron chi connectivity index (χ2n) is 4.96. The fourth-order valence-corrected chi connectivity index (χ4v) is 2.28. The van der Waals surface area contributed by atoms with Crippen LogP contribution in [0.4, 0.5) is 0 Å². The van der Waals surface area contributed by atoms with Gasteiger partial charge in [-0.05, 0) is 30.5 Å². The Bertz CT molecular complexity index is 590. The minimum Gasteiger partial charge on any atom is -0.307 e. The maximum atomic E-state index is 4.63. The molecule has 3 rings (SSSR count). The number of hydrogen-bond donors (Lipinski definition) is 1. The van der Waals surface area contributed by atoms with Crippen molar-refractivity contribution in [2.75, 3.05) is 0 Å². The van der Waals surface area contributed by atoms with E-state index in [4.69, 9.17) is 0 Å². The standard InChI is InChI=1S/C15H17N3/c1-10-3-4-12(5-11(10)2)6-15-17-8-13-7-16-9-14(13)18-15/h3-5,8,16H,6-7,9H2,1-2H3. The van der Waals surface area contributed by atoms with E-state index in [1.165, 1.54) is 22.3 Å². The molecule has 0 spiro atoms. The van der Waals surface area contributed by atoms with Crippen LogP contribution in [-0.4, -0.2) is 9.97 Å². The summed E-state index contributed by atoms with van der Waals surface area (Å²) in [5.41, 5.74) is 6.33. The molecule has 2 heterocycles. The van der Waals surface area contributed by atoms with Crippen molar-refractivity contribution in [3.63, 3.8) is 0 Å². The third-order valence-electron chi connectivity index (χ3n) is 3.55. The van der Waals surface area contributed by atoms with Gasteiger partial charge in [0.25, 0.3) is 0 Å². The Hall–Kier alpha value is -1.74. The van der Waals surface area contributed by atoms with Gasteiger partial charge in [-0.3, -0.25) is 0 Å². The van der Waals surface area contributed by atoms with Crippen LogP contribution in [0.15, 0.2) is 24.4 Å². The molecule has 3 nitrogen and oxygen atoms in total. The van der Waals surface area contributed by atoms with E-state index in [2.05, 4.69) is 47.3 Å². The Morgan fingerprint density at radius 1 is 1.17 bits per heavy atom. The second-order valence-corrected chi connectivity index (χ2v) is 4.96. The molecule has 1 aromatic carbocycles.